The molecule has 2 rings (SSSR count). The Hall–Kier alpha value is -1.83. The van der Waals surface area contributed by atoms with E-state index >= 15 is 0 Å². The number of nitrogens with zero attached hydrogens (tertiary/aromatic N) is 3. The first-order valence-corrected chi connectivity index (χ1v) is 6.64. The van der Waals surface area contributed by atoms with E-state index < -0.39 is 5.60 Å². The Balaban J connectivity index is 2.38. The number of rotatable bonds is 3. The minimum Gasteiger partial charge on any atom is -0.385 e. The van der Waals surface area contributed by atoms with E-state index in [-0.39, 0.29) is 0 Å². The average molecular weight is 290 g/mol. The van der Waals surface area contributed by atoms with E-state index in [9.17, 15) is 5.11 Å². The summed E-state index contributed by atoms with van der Waals surface area (Å²) in [4.78, 5) is 0. The summed E-state index contributed by atoms with van der Waals surface area (Å²) < 4.78 is 1.68. The molecule has 1 atom stereocenters. The first kappa shape index (κ1) is 14.6. The number of benzene rings is 1. The van der Waals surface area contributed by atoms with Crippen molar-refractivity contribution in [1.29, 1.82) is 5.26 Å². The van der Waals surface area contributed by atoms with Crippen LogP contribution in [-0.2, 0) is 19.1 Å². The van der Waals surface area contributed by atoms with E-state index in [0.717, 1.165) is 11.4 Å². The highest BCUT2D eigenvalue weighted by molar-refractivity contribution is 6.31. The van der Waals surface area contributed by atoms with Gasteiger partial charge in [0.15, 0.2) is 0 Å². The van der Waals surface area contributed by atoms with Crippen LogP contribution in [-0.4, -0.2) is 14.9 Å². The van der Waals surface area contributed by atoms with Crippen molar-refractivity contribution in [3.63, 3.8) is 0 Å². The SMILES string of the molecule is Cc1nn(C)c(CC(C)(O)c2cccc(C#N)c2)c1Cl. The van der Waals surface area contributed by atoms with Gasteiger partial charge in [0.1, 0.15) is 0 Å². The second-order valence-electron chi connectivity index (χ2n) is 5.11. The minimum atomic E-state index is -1.11. The van der Waals surface area contributed by atoms with Crippen molar-refractivity contribution in [2.45, 2.75) is 25.9 Å². The number of hydrogen-bond donors (Lipinski definition) is 1. The number of aliphatic hydroxyl groups is 1. The Labute approximate surface area is 123 Å². The molecule has 104 valence electrons. The molecule has 5 heteroatoms. The maximum Gasteiger partial charge on any atom is 0.0991 e. The summed E-state index contributed by atoms with van der Waals surface area (Å²) in [6.07, 6.45) is 0.331. The standard InChI is InChI=1S/C15H16ClN3O/c1-10-14(16)13(19(3)18-10)8-15(2,20)12-6-4-5-11(7-12)9-17/h4-7,20H,8H2,1-3H3. The monoisotopic (exact) mass is 289 g/mol. The number of aryl methyl sites for hydroxylation is 2. The van der Waals surface area contributed by atoms with Crippen LogP contribution in [0.15, 0.2) is 24.3 Å². The molecule has 4 nitrogen and oxygen atoms in total. The van der Waals surface area contributed by atoms with Gasteiger partial charge < -0.3 is 5.11 Å². The van der Waals surface area contributed by atoms with Gasteiger partial charge in [0.05, 0.1) is 33.6 Å². The number of aromatic nitrogens is 2. The highest BCUT2D eigenvalue weighted by atomic mass is 35.5. The van der Waals surface area contributed by atoms with E-state index in [4.69, 9.17) is 16.9 Å². The third kappa shape index (κ3) is 2.69. The number of halogens is 1. The first-order chi connectivity index (χ1) is 9.35. The Kier molecular flexibility index (Phi) is 3.85. The lowest BCUT2D eigenvalue weighted by atomic mass is 9.90. The molecule has 0 saturated carbocycles. The predicted octanol–water partition coefficient (Wildman–Crippen LogP) is 2.70. The van der Waals surface area contributed by atoms with Crippen molar-refractivity contribution in [3.8, 4) is 6.07 Å². The van der Waals surface area contributed by atoms with Crippen molar-refractivity contribution in [2.75, 3.05) is 0 Å². The summed E-state index contributed by atoms with van der Waals surface area (Å²) in [5.74, 6) is 0. The van der Waals surface area contributed by atoms with Gasteiger partial charge in [-0.2, -0.15) is 10.4 Å². The van der Waals surface area contributed by atoms with E-state index in [1.165, 1.54) is 0 Å². The van der Waals surface area contributed by atoms with Crippen molar-refractivity contribution in [1.82, 2.24) is 9.78 Å². The van der Waals surface area contributed by atoms with Crippen molar-refractivity contribution in [3.05, 3.63) is 51.8 Å². The van der Waals surface area contributed by atoms with Gasteiger partial charge >= 0.3 is 0 Å². The van der Waals surface area contributed by atoms with Gasteiger partial charge in [0, 0.05) is 13.5 Å². The van der Waals surface area contributed by atoms with E-state index in [2.05, 4.69) is 11.2 Å². The molecule has 0 amide bonds. The second-order valence-corrected chi connectivity index (χ2v) is 5.49. The van der Waals surface area contributed by atoms with E-state index in [1.807, 2.05) is 6.92 Å². The van der Waals surface area contributed by atoms with Crippen LogP contribution in [0.3, 0.4) is 0 Å². The first-order valence-electron chi connectivity index (χ1n) is 6.26. The van der Waals surface area contributed by atoms with Gasteiger partial charge in [0.2, 0.25) is 0 Å². The lowest BCUT2D eigenvalue weighted by Gasteiger charge is -2.24. The molecule has 0 saturated heterocycles. The summed E-state index contributed by atoms with van der Waals surface area (Å²) in [5, 5.41) is 24.5. The number of hydrogen-bond acceptors (Lipinski definition) is 3. The summed E-state index contributed by atoms with van der Waals surface area (Å²) >= 11 is 6.22. The molecule has 20 heavy (non-hydrogen) atoms. The van der Waals surface area contributed by atoms with Crippen molar-refractivity contribution >= 4 is 11.6 Å². The normalized spacial score (nSPS) is 13.8. The summed E-state index contributed by atoms with van der Waals surface area (Å²) in [5.41, 5.74) is 1.61. The summed E-state index contributed by atoms with van der Waals surface area (Å²) in [6.45, 7) is 3.54. The maximum absolute atomic E-state index is 10.7. The molecule has 0 spiro atoms. The molecule has 1 aromatic carbocycles. The zero-order valence-electron chi connectivity index (χ0n) is 11.7. The molecule has 1 heterocycles. The van der Waals surface area contributed by atoms with Gasteiger partial charge in [0.25, 0.3) is 0 Å². The molecule has 1 N–H and O–H groups in total. The van der Waals surface area contributed by atoms with Crippen LogP contribution in [0.1, 0.15) is 29.4 Å². The second kappa shape index (κ2) is 5.28. The number of nitriles is 1. The summed E-state index contributed by atoms with van der Waals surface area (Å²) in [7, 11) is 1.80. The fourth-order valence-electron chi connectivity index (χ4n) is 2.22. The minimum absolute atomic E-state index is 0.331. The molecule has 0 aliphatic rings. The lowest BCUT2D eigenvalue weighted by Crippen LogP contribution is -2.25. The molecule has 1 aromatic heterocycles. The fourth-order valence-corrected chi connectivity index (χ4v) is 2.45. The molecule has 0 fully saturated rings. The van der Waals surface area contributed by atoms with Crippen LogP contribution in [0, 0.1) is 18.3 Å². The van der Waals surface area contributed by atoms with Gasteiger partial charge in [-0.25, -0.2) is 0 Å². The molecule has 0 bridgehead atoms. The van der Waals surface area contributed by atoms with Crippen LogP contribution in [0.5, 0.6) is 0 Å². The molecule has 0 aliphatic carbocycles. The van der Waals surface area contributed by atoms with Crippen molar-refractivity contribution < 1.29 is 5.11 Å². The summed E-state index contributed by atoms with van der Waals surface area (Å²) in [6, 6.07) is 9.04. The van der Waals surface area contributed by atoms with E-state index in [0.29, 0.717) is 22.6 Å². The largest absolute Gasteiger partial charge is 0.385 e. The highest BCUT2D eigenvalue weighted by Crippen LogP contribution is 2.30. The quantitative estimate of drug-likeness (QED) is 0.945. The van der Waals surface area contributed by atoms with Gasteiger partial charge in [-0.3, -0.25) is 4.68 Å². The average Bonchev–Trinajstić information content (AvgIpc) is 2.65. The molecule has 2 aromatic rings. The topological polar surface area (TPSA) is 61.8 Å². The third-order valence-corrected chi connectivity index (χ3v) is 3.88. The van der Waals surface area contributed by atoms with Crippen LogP contribution in [0.4, 0.5) is 0 Å². The fraction of sp³-hybridized carbons (Fsp3) is 0.333. The Morgan fingerprint density at radius 3 is 2.75 bits per heavy atom. The molecule has 0 radical (unpaired) electrons. The zero-order valence-corrected chi connectivity index (χ0v) is 12.4. The van der Waals surface area contributed by atoms with Crippen LogP contribution in [0.25, 0.3) is 0 Å². The molecular weight excluding hydrogens is 274 g/mol. The van der Waals surface area contributed by atoms with Gasteiger partial charge in [-0.05, 0) is 31.5 Å². The molecule has 1 unspecified atom stereocenters. The van der Waals surface area contributed by atoms with Crippen LogP contribution < -0.4 is 0 Å². The van der Waals surface area contributed by atoms with Crippen LogP contribution in [0.2, 0.25) is 5.02 Å². The van der Waals surface area contributed by atoms with Gasteiger partial charge in [-0.15, -0.1) is 0 Å². The highest BCUT2D eigenvalue weighted by Gasteiger charge is 2.27. The zero-order chi connectivity index (χ0) is 14.9. The smallest absolute Gasteiger partial charge is 0.0991 e. The Morgan fingerprint density at radius 1 is 1.50 bits per heavy atom. The Bertz CT molecular complexity index is 683. The molecular formula is C15H16ClN3O. The van der Waals surface area contributed by atoms with Crippen molar-refractivity contribution in [2.24, 2.45) is 7.05 Å². The maximum atomic E-state index is 10.7. The van der Waals surface area contributed by atoms with Gasteiger partial charge in [-0.1, -0.05) is 23.7 Å². The lowest BCUT2D eigenvalue weighted by molar-refractivity contribution is 0.0556. The predicted molar refractivity (Wildman–Crippen MR) is 77.4 cm³/mol. The van der Waals surface area contributed by atoms with Crippen LogP contribution >= 0.6 is 11.6 Å². The van der Waals surface area contributed by atoms with E-state index in [1.54, 1.807) is 42.9 Å². The Morgan fingerprint density at radius 2 is 2.20 bits per heavy atom. The molecule has 0 aliphatic heterocycles. The third-order valence-electron chi connectivity index (χ3n) is 3.39.